The summed E-state index contributed by atoms with van der Waals surface area (Å²) >= 11 is 0. The van der Waals surface area contributed by atoms with Gasteiger partial charge in [0.2, 0.25) is 5.43 Å². The molecule has 0 saturated carbocycles. The molecule has 0 aliphatic carbocycles. The van der Waals surface area contributed by atoms with Crippen LogP contribution >= 0.6 is 0 Å². The van der Waals surface area contributed by atoms with Crippen LogP contribution in [0, 0.1) is 17.6 Å². The zero-order valence-electron chi connectivity index (χ0n) is 14.9. The largest absolute Gasteiger partial charge is 0.491 e. The number of nitrogens with one attached hydrogen (secondary N) is 1. The van der Waals surface area contributed by atoms with Crippen LogP contribution in [0.25, 0.3) is 0 Å². The summed E-state index contributed by atoms with van der Waals surface area (Å²) in [5.41, 5.74) is 1.31. The molecule has 1 aromatic carbocycles. The van der Waals surface area contributed by atoms with Crippen LogP contribution in [0.3, 0.4) is 0 Å². The second-order valence-electron chi connectivity index (χ2n) is 6.91. The van der Waals surface area contributed by atoms with Gasteiger partial charge in [0.15, 0.2) is 5.75 Å². The maximum atomic E-state index is 13.8. The number of aromatic nitrogens is 1. The van der Waals surface area contributed by atoms with Crippen LogP contribution in [0.2, 0.25) is 0 Å². The van der Waals surface area contributed by atoms with Crippen LogP contribution in [0.5, 0.6) is 5.75 Å². The molecular weight excluding hydrogens is 338 g/mol. The first-order chi connectivity index (χ1) is 12.5. The van der Waals surface area contributed by atoms with Crippen LogP contribution in [0.15, 0.2) is 35.3 Å². The maximum absolute atomic E-state index is 13.8. The number of ether oxygens (including phenoxy) is 1. The van der Waals surface area contributed by atoms with Crippen LogP contribution in [-0.2, 0) is 13.0 Å². The predicted octanol–water partition coefficient (Wildman–Crippen LogP) is 3.51. The van der Waals surface area contributed by atoms with Crippen molar-refractivity contribution >= 4 is 0 Å². The Hall–Kier alpha value is -2.21. The normalized spacial score (nSPS) is 18.0. The summed E-state index contributed by atoms with van der Waals surface area (Å²) in [4.78, 5) is 17.3. The molecule has 0 amide bonds. The van der Waals surface area contributed by atoms with Crippen LogP contribution in [0.4, 0.5) is 8.78 Å². The number of piperidine rings is 1. The summed E-state index contributed by atoms with van der Waals surface area (Å²) in [7, 11) is 1.48. The van der Waals surface area contributed by atoms with E-state index >= 15 is 0 Å². The zero-order chi connectivity index (χ0) is 18.5. The van der Waals surface area contributed by atoms with Crippen LogP contribution in [0.1, 0.15) is 30.5 Å². The van der Waals surface area contributed by atoms with Crippen molar-refractivity contribution in [3.05, 3.63) is 63.6 Å². The first kappa shape index (κ1) is 18.6. The lowest BCUT2D eigenvalue weighted by Crippen LogP contribution is -2.35. The molecule has 140 valence electrons. The molecule has 2 heterocycles. The van der Waals surface area contributed by atoms with E-state index < -0.39 is 11.6 Å². The number of nitrogens with zero attached hydrogens (tertiary/aromatic N) is 1. The molecule has 2 aromatic rings. The highest BCUT2D eigenvalue weighted by Gasteiger charge is 2.20. The molecule has 1 aliphatic heterocycles. The molecule has 3 rings (SSSR count). The summed E-state index contributed by atoms with van der Waals surface area (Å²) in [6, 6.07) is 5.37. The van der Waals surface area contributed by atoms with E-state index in [-0.39, 0.29) is 5.43 Å². The maximum Gasteiger partial charge on any atom is 0.223 e. The minimum absolute atomic E-state index is 0.124. The smallest absolute Gasteiger partial charge is 0.223 e. The molecule has 1 aliphatic rings. The molecule has 1 saturated heterocycles. The van der Waals surface area contributed by atoms with E-state index in [9.17, 15) is 13.6 Å². The van der Waals surface area contributed by atoms with Gasteiger partial charge in [0, 0.05) is 37.1 Å². The van der Waals surface area contributed by atoms with Gasteiger partial charge in [-0.25, -0.2) is 8.78 Å². The van der Waals surface area contributed by atoms with Gasteiger partial charge in [-0.05, 0) is 49.8 Å². The number of hydrogen-bond donors (Lipinski definition) is 1. The molecule has 1 N–H and O–H groups in total. The Labute approximate surface area is 151 Å². The highest BCUT2D eigenvalue weighted by molar-refractivity contribution is 5.20. The first-order valence-corrected chi connectivity index (χ1v) is 8.97. The lowest BCUT2D eigenvalue weighted by molar-refractivity contribution is 0.160. The minimum Gasteiger partial charge on any atom is -0.491 e. The Bertz CT molecular complexity index is 807. The fourth-order valence-electron chi connectivity index (χ4n) is 3.61. The van der Waals surface area contributed by atoms with Crippen molar-refractivity contribution in [2.24, 2.45) is 5.92 Å². The molecular formula is C20H24F2N2O2. The Morgan fingerprint density at radius 3 is 2.88 bits per heavy atom. The highest BCUT2D eigenvalue weighted by Crippen LogP contribution is 2.23. The quantitative estimate of drug-likeness (QED) is 0.855. The third-order valence-electron chi connectivity index (χ3n) is 4.99. The van der Waals surface area contributed by atoms with E-state index in [1.165, 1.54) is 19.2 Å². The van der Waals surface area contributed by atoms with Gasteiger partial charge in [-0.3, -0.25) is 9.69 Å². The molecule has 0 radical (unpaired) electrons. The van der Waals surface area contributed by atoms with Gasteiger partial charge < -0.3 is 9.72 Å². The lowest BCUT2D eigenvalue weighted by Gasteiger charge is -2.32. The number of hydrogen-bond acceptors (Lipinski definition) is 3. The molecule has 1 atom stereocenters. The monoisotopic (exact) mass is 362 g/mol. The third-order valence-corrected chi connectivity index (χ3v) is 4.99. The SMILES string of the molecule is COc1c[nH]c(CN2CCC[C@@H](CCc3ccc(F)cc3F)C2)cc1=O. The van der Waals surface area contributed by atoms with Crippen molar-refractivity contribution in [2.75, 3.05) is 20.2 Å². The molecule has 1 aromatic heterocycles. The first-order valence-electron chi connectivity index (χ1n) is 8.97. The summed E-state index contributed by atoms with van der Waals surface area (Å²) in [6.07, 6.45) is 5.27. The third kappa shape index (κ3) is 4.69. The molecule has 0 unspecified atom stereocenters. The van der Waals surface area contributed by atoms with Gasteiger partial charge in [0.05, 0.1) is 7.11 Å². The van der Waals surface area contributed by atoms with E-state index in [1.807, 2.05) is 0 Å². The molecule has 0 spiro atoms. The van der Waals surface area contributed by atoms with Gasteiger partial charge in [0.25, 0.3) is 0 Å². The Balaban J connectivity index is 1.55. The summed E-state index contributed by atoms with van der Waals surface area (Å²) < 4.78 is 31.8. The summed E-state index contributed by atoms with van der Waals surface area (Å²) in [5, 5.41) is 0. The van der Waals surface area contributed by atoms with Gasteiger partial charge in [-0.2, -0.15) is 0 Å². The van der Waals surface area contributed by atoms with E-state index in [0.717, 1.165) is 44.1 Å². The average molecular weight is 362 g/mol. The average Bonchev–Trinajstić information content (AvgIpc) is 2.61. The van der Waals surface area contributed by atoms with Gasteiger partial charge >= 0.3 is 0 Å². The van der Waals surface area contributed by atoms with Crippen LogP contribution in [-0.4, -0.2) is 30.1 Å². The topological polar surface area (TPSA) is 45.3 Å². The van der Waals surface area contributed by atoms with Gasteiger partial charge in [-0.1, -0.05) is 6.07 Å². The Kier molecular flexibility index (Phi) is 6.04. The second kappa shape index (κ2) is 8.45. The minimum atomic E-state index is -0.538. The number of halogens is 2. The van der Waals surface area contributed by atoms with Crippen molar-refractivity contribution < 1.29 is 13.5 Å². The van der Waals surface area contributed by atoms with Crippen molar-refractivity contribution in [3.8, 4) is 5.75 Å². The molecule has 1 fully saturated rings. The van der Waals surface area contributed by atoms with Gasteiger partial charge in [0.1, 0.15) is 11.6 Å². The fraction of sp³-hybridized carbons (Fsp3) is 0.450. The standard InChI is InChI=1S/C20H24F2N2O2/c1-26-20-11-23-17(10-19(20)25)13-24-8-2-3-14(12-24)4-5-15-6-7-16(21)9-18(15)22/h6-7,9-11,14H,2-5,8,12-13H2,1H3,(H,23,25)/t14-/m0/s1. The Morgan fingerprint density at radius 1 is 1.31 bits per heavy atom. The second-order valence-corrected chi connectivity index (χ2v) is 6.91. The van der Waals surface area contributed by atoms with Gasteiger partial charge in [-0.15, -0.1) is 0 Å². The summed E-state index contributed by atoms with van der Waals surface area (Å²) in [5.74, 6) is -0.221. The highest BCUT2D eigenvalue weighted by atomic mass is 19.1. The van der Waals surface area contributed by atoms with E-state index in [2.05, 4.69) is 9.88 Å². The van der Waals surface area contributed by atoms with E-state index in [1.54, 1.807) is 12.3 Å². The number of benzene rings is 1. The van der Waals surface area contributed by atoms with E-state index in [0.29, 0.717) is 30.2 Å². The number of aromatic amines is 1. The lowest BCUT2D eigenvalue weighted by atomic mass is 9.91. The number of likely N-dealkylation sites (tertiary alicyclic amines) is 1. The predicted molar refractivity (Wildman–Crippen MR) is 96.3 cm³/mol. The van der Waals surface area contributed by atoms with Crippen molar-refractivity contribution in [1.82, 2.24) is 9.88 Å². The number of pyridine rings is 1. The zero-order valence-corrected chi connectivity index (χ0v) is 14.9. The van der Waals surface area contributed by atoms with Crippen molar-refractivity contribution in [1.29, 1.82) is 0 Å². The van der Waals surface area contributed by atoms with E-state index in [4.69, 9.17) is 4.74 Å². The molecule has 6 heteroatoms. The van der Waals surface area contributed by atoms with Crippen LogP contribution < -0.4 is 10.2 Å². The molecule has 0 bridgehead atoms. The van der Waals surface area contributed by atoms with Crippen molar-refractivity contribution in [3.63, 3.8) is 0 Å². The fourth-order valence-corrected chi connectivity index (χ4v) is 3.61. The summed E-state index contributed by atoms with van der Waals surface area (Å²) in [6.45, 7) is 2.58. The number of H-pyrrole nitrogens is 1. The molecule has 26 heavy (non-hydrogen) atoms. The van der Waals surface area contributed by atoms with Crippen molar-refractivity contribution in [2.45, 2.75) is 32.2 Å². The number of rotatable bonds is 6. The Morgan fingerprint density at radius 2 is 2.15 bits per heavy atom. The number of methoxy groups -OCH3 is 1. The molecule has 4 nitrogen and oxygen atoms in total. The number of aryl methyl sites for hydroxylation is 1.